The molecule has 2 heterocycles. The van der Waals surface area contributed by atoms with E-state index in [1.807, 2.05) is 0 Å². The Labute approximate surface area is 129 Å². The maximum absolute atomic E-state index is 12.6. The zero-order chi connectivity index (χ0) is 16.4. The first-order valence-electron chi connectivity index (χ1n) is 6.53. The molecule has 0 bridgehead atoms. The van der Waals surface area contributed by atoms with Gasteiger partial charge in [0.25, 0.3) is 0 Å². The van der Waals surface area contributed by atoms with Crippen LogP contribution in [0.4, 0.5) is 19.1 Å². The van der Waals surface area contributed by atoms with Gasteiger partial charge in [-0.05, 0) is 24.3 Å². The molecule has 0 unspecified atom stereocenters. The van der Waals surface area contributed by atoms with Gasteiger partial charge in [0, 0.05) is 23.5 Å². The van der Waals surface area contributed by atoms with E-state index in [4.69, 9.17) is 5.73 Å². The summed E-state index contributed by atoms with van der Waals surface area (Å²) in [6, 6.07) is 8.00. The molecule has 116 valence electrons. The summed E-state index contributed by atoms with van der Waals surface area (Å²) in [5, 5.41) is 0. The predicted octanol–water partition coefficient (Wildman–Crippen LogP) is 3.20. The number of pyridine rings is 1. The average Bonchev–Trinajstić information content (AvgIpc) is 2.54. The van der Waals surface area contributed by atoms with E-state index >= 15 is 0 Å². The Hall–Kier alpha value is -3.03. The highest BCUT2D eigenvalue weighted by atomic mass is 19.4. The maximum atomic E-state index is 12.6. The summed E-state index contributed by atoms with van der Waals surface area (Å²) in [5.74, 6) is 0.485. The van der Waals surface area contributed by atoms with Gasteiger partial charge in [0.1, 0.15) is 0 Å². The molecule has 0 aliphatic rings. The topological polar surface area (TPSA) is 77.6 Å². The zero-order valence-corrected chi connectivity index (χ0v) is 11.6. The summed E-state index contributed by atoms with van der Waals surface area (Å²) < 4.78 is 37.8. The van der Waals surface area contributed by atoms with Crippen molar-refractivity contribution in [1.82, 2.24) is 19.9 Å². The number of benzene rings is 1. The van der Waals surface area contributed by atoms with E-state index in [1.165, 1.54) is 12.1 Å². The lowest BCUT2D eigenvalue weighted by atomic mass is 10.1. The van der Waals surface area contributed by atoms with Crippen LogP contribution < -0.4 is 5.73 Å². The van der Waals surface area contributed by atoms with Gasteiger partial charge < -0.3 is 5.73 Å². The molecular formula is C15H10F3N5. The Morgan fingerprint density at radius 3 is 2.04 bits per heavy atom. The highest BCUT2D eigenvalue weighted by Crippen LogP contribution is 2.30. The van der Waals surface area contributed by atoms with Crippen LogP contribution in [0, 0.1) is 0 Å². The second kappa shape index (κ2) is 5.64. The summed E-state index contributed by atoms with van der Waals surface area (Å²) in [7, 11) is 0. The van der Waals surface area contributed by atoms with Gasteiger partial charge in [0.05, 0.1) is 5.56 Å². The number of nitrogens with zero attached hydrogens (tertiary/aromatic N) is 4. The summed E-state index contributed by atoms with van der Waals surface area (Å²) in [6.45, 7) is 0. The van der Waals surface area contributed by atoms with Crippen LogP contribution >= 0.6 is 0 Å². The molecule has 5 nitrogen and oxygen atoms in total. The second-order valence-electron chi connectivity index (χ2n) is 4.66. The normalized spacial score (nSPS) is 11.4. The van der Waals surface area contributed by atoms with Crippen LogP contribution in [-0.4, -0.2) is 19.9 Å². The van der Waals surface area contributed by atoms with E-state index in [0.29, 0.717) is 17.0 Å². The van der Waals surface area contributed by atoms with Gasteiger partial charge in [-0.25, -0.2) is 4.98 Å². The van der Waals surface area contributed by atoms with Gasteiger partial charge in [-0.3, -0.25) is 4.98 Å². The number of alkyl halides is 3. The molecule has 0 saturated heterocycles. The van der Waals surface area contributed by atoms with Crippen LogP contribution in [0.3, 0.4) is 0 Å². The van der Waals surface area contributed by atoms with E-state index in [-0.39, 0.29) is 11.8 Å². The van der Waals surface area contributed by atoms with Crippen LogP contribution in [0.25, 0.3) is 22.8 Å². The van der Waals surface area contributed by atoms with Crippen molar-refractivity contribution in [3.8, 4) is 22.8 Å². The molecule has 0 aliphatic carbocycles. The fourth-order valence-corrected chi connectivity index (χ4v) is 1.95. The highest BCUT2D eigenvalue weighted by molar-refractivity contribution is 5.62. The monoisotopic (exact) mass is 317 g/mol. The largest absolute Gasteiger partial charge is 0.416 e. The van der Waals surface area contributed by atoms with Gasteiger partial charge in [0.15, 0.2) is 11.6 Å². The molecule has 0 atom stereocenters. The van der Waals surface area contributed by atoms with Gasteiger partial charge in [-0.1, -0.05) is 12.1 Å². The third kappa shape index (κ3) is 3.25. The van der Waals surface area contributed by atoms with Crippen molar-refractivity contribution in [3.63, 3.8) is 0 Å². The molecule has 1 aromatic carbocycles. The van der Waals surface area contributed by atoms with Crippen molar-refractivity contribution in [1.29, 1.82) is 0 Å². The first-order chi connectivity index (χ1) is 10.9. The fourth-order valence-electron chi connectivity index (χ4n) is 1.95. The fraction of sp³-hybridized carbons (Fsp3) is 0.0667. The lowest BCUT2D eigenvalue weighted by molar-refractivity contribution is -0.137. The molecule has 0 fully saturated rings. The Morgan fingerprint density at radius 1 is 0.826 bits per heavy atom. The number of rotatable bonds is 2. The Morgan fingerprint density at radius 2 is 1.48 bits per heavy atom. The standard InChI is InChI=1S/C15H10F3N5/c16-15(17,18)11-5-3-9(4-6-11)12-21-13(23-14(19)22-12)10-2-1-7-20-8-10/h1-8H,(H2,19,21,22,23). The molecule has 0 spiro atoms. The number of aromatic nitrogens is 4. The Balaban J connectivity index is 2.02. The van der Waals surface area contributed by atoms with Crippen molar-refractivity contribution in [2.75, 3.05) is 5.73 Å². The van der Waals surface area contributed by atoms with Gasteiger partial charge in [-0.15, -0.1) is 0 Å². The quantitative estimate of drug-likeness (QED) is 0.785. The van der Waals surface area contributed by atoms with Crippen molar-refractivity contribution >= 4 is 5.95 Å². The number of hydrogen-bond acceptors (Lipinski definition) is 5. The first kappa shape index (κ1) is 14.9. The number of nitrogens with two attached hydrogens (primary N) is 1. The smallest absolute Gasteiger partial charge is 0.368 e. The minimum absolute atomic E-state index is 0.0197. The molecule has 2 N–H and O–H groups in total. The maximum Gasteiger partial charge on any atom is 0.416 e. The van der Waals surface area contributed by atoms with Gasteiger partial charge >= 0.3 is 6.18 Å². The number of hydrogen-bond donors (Lipinski definition) is 1. The summed E-state index contributed by atoms with van der Waals surface area (Å²) in [6.07, 6.45) is -1.23. The van der Waals surface area contributed by atoms with Crippen molar-refractivity contribution in [2.24, 2.45) is 0 Å². The Kier molecular flexibility index (Phi) is 3.65. The molecule has 0 amide bonds. The number of nitrogen functional groups attached to an aromatic ring is 1. The molecule has 8 heteroatoms. The highest BCUT2D eigenvalue weighted by Gasteiger charge is 2.30. The van der Waals surface area contributed by atoms with Crippen LogP contribution in [0.2, 0.25) is 0 Å². The van der Waals surface area contributed by atoms with Crippen molar-refractivity contribution in [2.45, 2.75) is 6.18 Å². The third-order valence-corrected chi connectivity index (χ3v) is 3.04. The molecule has 0 radical (unpaired) electrons. The third-order valence-electron chi connectivity index (χ3n) is 3.04. The van der Waals surface area contributed by atoms with Crippen LogP contribution in [0.15, 0.2) is 48.8 Å². The summed E-state index contributed by atoms with van der Waals surface area (Å²) >= 11 is 0. The van der Waals surface area contributed by atoms with E-state index in [1.54, 1.807) is 24.5 Å². The first-order valence-corrected chi connectivity index (χ1v) is 6.53. The molecule has 3 aromatic rings. The van der Waals surface area contributed by atoms with E-state index in [9.17, 15) is 13.2 Å². The zero-order valence-electron chi connectivity index (χ0n) is 11.6. The molecule has 2 aromatic heterocycles. The summed E-state index contributed by atoms with van der Waals surface area (Å²) in [4.78, 5) is 16.2. The SMILES string of the molecule is Nc1nc(-c2ccc(C(F)(F)F)cc2)nc(-c2cccnc2)n1. The van der Waals surface area contributed by atoms with E-state index in [0.717, 1.165) is 12.1 Å². The number of anilines is 1. The average molecular weight is 317 g/mol. The van der Waals surface area contributed by atoms with Crippen LogP contribution in [0.5, 0.6) is 0 Å². The molecule has 0 saturated carbocycles. The van der Waals surface area contributed by atoms with Gasteiger partial charge in [-0.2, -0.15) is 23.1 Å². The van der Waals surface area contributed by atoms with Crippen LogP contribution in [-0.2, 0) is 6.18 Å². The lowest BCUT2D eigenvalue weighted by Gasteiger charge is -2.08. The molecule has 0 aliphatic heterocycles. The number of halogens is 3. The van der Waals surface area contributed by atoms with Crippen molar-refractivity contribution < 1.29 is 13.2 Å². The van der Waals surface area contributed by atoms with E-state index in [2.05, 4.69) is 19.9 Å². The van der Waals surface area contributed by atoms with E-state index < -0.39 is 11.7 Å². The molecule has 3 rings (SSSR count). The van der Waals surface area contributed by atoms with Crippen molar-refractivity contribution in [3.05, 3.63) is 54.4 Å². The minimum Gasteiger partial charge on any atom is -0.368 e. The predicted molar refractivity (Wildman–Crippen MR) is 77.9 cm³/mol. The molecule has 23 heavy (non-hydrogen) atoms. The van der Waals surface area contributed by atoms with Gasteiger partial charge in [0.2, 0.25) is 5.95 Å². The summed E-state index contributed by atoms with van der Waals surface area (Å²) in [5.41, 5.74) is 5.98. The molecular weight excluding hydrogens is 307 g/mol. The van der Waals surface area contributed by atoms with Crippen LogP contribution in [0.1, 0.15) is 5.56 Å². The second-order valence-corrected chi connectivity index (χ2v) is 4.66. The minimum atomic E-state index is -4.39. The Bertz CT molecular complexity index is 817. The lowest BCUT2D eigenvalue weighted by Crippen LogP contribution is -2.05.